The molecule has 3 aromatic rings. The standard InChI is InChI=1S/C32H42ClF2N6O2P/c1-7-22-14-24(27(43-4)15-26(22)41-18-32(19-41)8-10-40(11-9-32)17-29(34)35)38-31-36-16-23(33)30(39-31)37-25-12-20(2)21(3)13-28(25)44(5,6)42/h12-16,29H,7-11,17-19H2,1-6H3,(H2,36,37,38,39). The van der Waals surface area contributed by atoms with Gasteiger partial charge in [0, 0.05) is 35.6 Å². The Kier molecular flexibility index (Phi) is 9.45. The number of ether oxygens (including phenoxy) is 1. The molecule has 2 N–H and O–H groups in total. The first-order valence-corrected chi connectivity index (χ1v) is 18.0. The summed E-state index contributed by atoms with van der Waals surface area (Å²) in [6.07, 6.45) is 1.95. The van der Waals surface area contributed by atoms with Gasteiger partial charge in [0.25, 0.3) is 6.43 Å². The topological polar surface area (TPSA) is 82.6 Å². The minimum Gasteiger partial charge on any atom is -0.494 e. The second-order valence-electron chi connectivity index (χ2n) is 12.5. The molecular weight excluding hydrogens is 605 g/mol. The molecule has 2 saturated heterocycles. The van der Waals surface area contributed by atoms with E-state index in [0.717, 1.165) is 78.8 Å². The van der Waals surface area contributed by atoms with Gasteiger partial charge in [0.15, 0.2) is 5.82 Å². The fraction of sp³-hybridized carbons (Fsp3) is 0.500. The number of anilines is 5. The fourth-order valence-corrected chi connectivity index (χ4v) is 7.57. The maximum atomic E-state index is 13.1. The molecule has 3 heterocycles. The highest BCUT2D eigenvalue weighted by molar-refractivity contribution is 7.70. The Balaban J connectivity index is 1.35. The van der Waals surface area contributed by atoms with E-state index in [1.54, 1.807) is 20.4 Å². The van der Waals surface area contributed by atoms with Gasteiger partial charge in [0.2, 0.25) is 5.95 Å². The fourth-order valence-electron chi connectivity index (χ4n) is 6.22. The van der Waals surface area contributed by atoms with Crippen LogP contribution in [0.3, 0.4) is 0 Å². The van der Waals surface area contributed by atoms with E-state index in [1.807, 2.05) is 30.9 Å². The maximum absolute atomic E-state index is 13.1. The molecule has 0 aliphatic carbocycles. The van der Waals surface area contributed by atoms with Crippen molar-refractivity contribution in [3.8, 4) is 5.75 Å². The number of hydrogen-bond acceptors (Lipinski definition) is 8. The summed E-state index contributed by atoms with van der Waals surface area (Å²) in [5, 5.41) is 7.68. The Morgan fingerprint density at radius 2 is 1.75 bits per heavy atom. The molecular formula is C32H42ClF2N6O2P. The Morgan fingerprint density at radius 3 is 2.36 bits per heavy atom. The number of alkyl halides is 2. The number of benzene rings is 2. The van der Waals surface area contributed by atoms with Gasteiger partial charge in [-0.15, -0.1) is 0 Å². The predicted octanol–water partition coefficient (Wildman–Crippen LogP) is 7.22. The van der Waals surface area contributed by atoms with E-state index in [4.69, 9.17) is 16.3 Å². The van der Waals surface area contributed by atoms with Crippen LogP contribution in [0.15, 0.2) is 30.5 Å². The molecule has 1 spiro atoms. The number of piperidine rings is 1. The third-order valence-corrected chi connectivity index (χ3v) is 10.7. The molecule has 1 aromatic heterocycles. The van der Waals surface area contributed by atoms with Crippen LogP contribution in [0.4, 0.5) is 37.6 Å². The molecule has 12 heteroatoms. The van der Waals surface area contributed by atoms with Crippen LogP contribution in [0.2, 0.25) is 5.02 Å². The van der Waals surface area contributed by atoms with Crippen LogP contribution in [0.5, 0.6) is 5.75 Å². The lowest BCUT2D eigenvalue weighted by atomic mass is 9.71. The SMILES string of the molecule is CCc1cc(Nc2ncc(Cl)c(Nc3cc(C)c(C)cc3P(C)(C)=O)n2)c(OC)cc1N1CC2(CCN(CC(F)F)CC2)C1. The molecule has 44 heavy (non-hydrogen) atoms. The third kappa shape index (κ3) is 6.98. The van der Waals surface area contributed by atoms with Crippen LogP contribution in [0, 0.1) is 19.3 Å². The number of aryl methyl sites for hydroxylation is 3. The summed E-state index contributed by atoms with van der Waals surface area (Å²) in [6, 6.07) is 8.05. The maximum Gasteiger partial charge on any atom is 0.251 e. The molecule has 2 aliphatic heterocycles. The molecule has 2 aliphatic rings. The van der Waals surface area contributed by atoms with Crippen molar-refractivity contribution in [2.24, 2.45) is 5.41 Å². The van der Waals surface area contributed by atoms with Gasteiger partial charge >= 0.3 is 0 Å². The van der Waals surface area contributed by atoms with Crippen LogP contribution in [-0.2, 0) is 11.0 Å². The molecule has 2 aromatic carbocycles. The number of hydrogen-bond donors (Lipinski definition) is 2. The lowest BCUT2D eigenvalue weighted by Crippen LogP contribution is -2.61. The van der Waals surface area contributed by atoms with E-state index >= 15 is 0 Å². The normalized spacial score (nSPS) is 16.7. The first kappa shape index (κ1) is 32.5. The van der Waals surface area contributed by atoms with Gasteiger partial charge in [0.05, 0.1) is 31.2 Å². The zero-order valence-electron chi connectivity index (χ0n) is 26.3. The van der Waals surface area contributed by atoms with Crippen molar-refractivity contribution < 1.29 is 18.1 Å². The summed E-state index contributed by atoms with van der Waals surface area (Å²) in [7, 11) is -0.950. The highest BCUT2D eigenvalue weighted by Crippen LogP contribution is 2.46. The van der Waals surface area contributed by atoms with Crippen LogP contribution < -0.4 is 25.6 Å². The van der Waals surface area contributed by atoms with E-state index < -0.39 is 13.6 Å². The van der Waals surface area contributed by atoms with Gasteiger partial charge in [0.1, 0.15) is 17.9 Å². The first-order chi connectivity index (χ1) is 20.8. The van der Waals surface area contributed by atoms with Gasteiger partial charge < -0.3 is 24.8 Å². The first-order valence-electron chi connectivity index (χ1n) is 15.0. The lowest BCUT2D eigenvalue weighted by Gasteiger charge is -2.55. The molecule has 8 nitrogen and oxygen atoms in total. The van der Waals surface area contributed by atoms with Crippen molar-refractivity contribution in [1.82, 2.24) is 14.9 Å². The largest absolute Gasteiger partial charge is 0.494 e. The Labute approximate surface area is 263 Å². The monoisotopic (exact) mass is 646 g/mol. The lowest BCUT2D eigenvalue weighted by molar-refractivity contribution is 0.0320. The summed E-state index contributed by atoms with van der Waals surface area (Å²) in [4.78, 5) is 13.3. The second kappa shape index (κ2) is 12.8. The van der Waals surface area contributed by atoms with Crippen molar-refractivity contribution in [3.05, 3.63) is 52.2 Å². The smallest absolute Gasteiger partial charge is 0.251 e. The molecule has 2 fully saturated rings. The number of aromatic nitrogens is 2. The van der Waals surface area contributed by atoms with Gasteiger partial charge in [-0.1, -0.05) is 18.5 Å². The van der Waals surface area contributed by atoms with Crippen molar-refractivity contribution in [2.45, 2.75) is 46.5 Å². The molecule has 0 unspecified atom stereocenters. The van der Waals surface area contributed by atoms with Crippen molar-refractivity contribution in [1.29, 1.82) is 0 Å². The van der Waals surface area contributed by atoms with Gasteiger partial charge in [-0.05, 0) is 94.4 Å². The number of likely N-dealkylation sites (tertiary alicyclic amines) is 1. The van der Waals surface area contributed by atoms with Gasteiger partial charge in [-0.2, -0.15) is 4.98 Å². The molecule has 238 valence electrons. The van der Waals surface area contributed by atoms with Crippen molar-refractivity contribution >= 4 is 52.9 Å². The van der Waals surface area contributed by atoms with E-state index in [-0.39, 0.29) is 12.0 Å². The van der Waals surface area contributed by atoms with Gasteiger partial charge in [-0.3, -0.25) is 4.90 Å². The molecule has 0 radical (unpaired) electrons. The zero-order chi connectivity index (χ0) is 31.8. The van der Waals surface area contributed by atoms with Crippen molar-refractivity contribution in [3.63, 3.8) is 0 Å². The van der Waals surface area contributed by atoms with E-state index in [9.17, 15) is 13.3 Å². The second-order valence-corrected chi connectivity index (χ2v) is 16.1. The summed E-state index contributed by atoms with van der Waals surface area (Å²) in [5.41, 5.74) is 6.04. The number of nitrogens with one attached hydrogen (secondary N) is 2. The Bertz CT molecular complexity index is 1570. The highest BCUT2D eigenvalue weighted by Gasteiger charge is 2.45. The Hall–Kier alpha value is -2.94. The predicted molar refractivity (Wildman–Crippen MR) is 177 cm³/mol. The van der Waals surface area contributed by atoms with Gasteiger partial charge in [-0.25, -0.2) is 13.8 Å². The zero-order valence-corrected chi connectivity index (χ0v) is 28.0. The quantitative estimate of drug-likeness (QED) is 0.224. The molecule has 0 saturated carbocycles. The molecule has 0 bridgehead atoms. The van der Waals surface area contributed by atoms with E-state index in [0.29, 0.717) is 28.2 Å². The molecule has 0 amide bonds. The summed E-state index contributed by atoms with van der Waals surface area (Å²) in [6.45, 7) is 12.8. The summed E-state index contributed by atoms with van der Waals surface area (Å²) in [5.74, 6) is 1.40. The molecule has 5 rings (SSSR count). The minimum atomic E-state index is -2.59. The molecule has 0 atom stereocenters. The van der Waals surface area contributed by atoms with E-state index in [1.165, 1.54) is 6.20 Å². The minimum absolute atomic E-state index is 0.132. The van der Waals surface area contributed by atoms with Crippen molar-refractivity contribution in [2.75, 3.05) is 68.7 Å². The Morgan fingerprint density at radius 1 is 1.07 bits per heavy atom. The average molecular weight is 647 g/mol. The van der Waals surface area contributed by atoms with E-state index in [2.05, 4.69) is 44.6 Å². The van der Waals surface area contributed by atoms with Crippen LogP contribution in [0.25, 0.3) is 0 Å². The number of halogens is 3. The summed E-state index contributed by atoms with van der Waals surface area (Å²) < 4.78 is 44.5. The highest BCUT2D eigenvalue weighted by atomic mass is 35.5. The number of methoxy groups -OCH3 is 1. The van der Waals surface area contributed by atoms with Crippen LogP contribution in [0.1, 0.15) is 36.5 Å². The number of nitrogens with zero attached hydrogens (tertiary/aromatic N) is 4. The summed E-state index contributed by atoms with van der Waals surface area (Å²) >= 11 is 6.51. The third-order valence-electron chi connectivity index (χ3n) is 8.92. The number of rotatable bonds is 10. The van der Waals surface area contributed by atoms with Crippen LogP contribution >= 0.6 is 18.7 Å². The van der Waals surface area contributed by atoms with Crippen LogP contribution in [-0.4, -0.2) is 74.5 Å². The average Bonchev–Trinajstić information content (AvgIpc) is 2.95.